The maximum Gasteiger partial charge on any atom is 0.329 e. The topological polar surface area (TPSA) is 163 Å². The summed E-state index contributed by atoms with van der Waals surface area (Å²) >= 11 is 0. The molecule has 12 heteroatoms. The maximum atomic E-state index is 14.6. The molecule has 1 saturated carbocycles. The molecule has 276 valence electrons. The Kier molecular flexibility index (Phi) is 16.0. The lowest BCUT2D eigenvalue weighted by Crippen LogP contribution is -2.60. The van der Waals surface area contributed by atoms with Gasteiger partial charge < -0.3 is 30.9 Å². The van der Waals surface area contributed by atoms with Gasteiger partial charge in [0.1, 0.15) is 23.7 Å². The quantitative estimate of drug-likeness (QED) is 0.107. The van der Waals surface area contributed by atoms with Crippen LogP contribution in [0.4, 0.5) is 4.79 Å². The molecule has 5 atom stereocenters. The molecular weight excluding hydrogens is 626 g/mol. The number of carbonyl (C=O) groups is 6. The number of hydrogen-bond acceptors (Lipinski definition) is 7. The molecule has 2 fully saturated rings. The first-order valence-electron chi connectivity index (χ1n) is 17.9. The fourth-order valence-corrected chi connectivity index (χ4v) is 6.43. The average Bonchev–Trinajstić information content (AvgIpc) is 3.50. The molecule has 1 aliphatic carbocycles. The number of urea groups is 1. The predicted octanol–water partition coefficient (Wildman–Crippen LogP) is 4.33. The Balaban J connectivity index is 2.40. The van der Waals surface area contributed by atoms with Gasteiger partial charge in [-0.1, -0.05) is 72.0 Å². The van der Waals surface area contributed by atoms with Gasteiger partial charge >= 0.3 is 12.0 Å². The van der Waals surface area contributed by atoms with E-state index >= 15 is 0 Å². The highest BCUT2D eigenvalue weighted by atomic mass is 16.6. The van der Waals surface area contributed by atoms with Gasteiger partial charge in [-0.25, -0.2) is 9.59 Å². The fourth-order valence-electron chi connectivity index (χ4n) is 6.43. The number of carbonyl (C=O) groups excluding carboxylic acids is 6. The molecule has 1 saturated heterocycles. The minimum absolute atomic E-state index is 0.0437. The Morgan fingerprint density at radius 1 is 0.898 bits per heavy atom. The summed E-state index contributed by atoms with van der Waals surface area (Å²) in [5.74, 6) is -3.27. The molecule has 0 bridgehead atoms. The molecule has 2 aliphatic rings. The summed E-state index contributed by atoms with van der Waals surface area (Å²) in [7, 11) is 0. The van der Waals surface area contributed by atoms with Crippen LogP contribution < -0.4 is 21.3 Å². The summed E-state index contributed by atoms with van der Waals surface area (Å²) in [4.78, 5) is 82.1. The van der Waals surface area contributed by atoms with Gasteiger partial charge in [0.05, 0.1) is 6.04 Å². The molecule has 0 aromatic heterocycles. The normalized spacial score (nSPS) is 20.3. The highest BCUT2D eigenvalue weighted by Crippen LogP contribution is 2.38. The number of amides is 5. The molecule has 0 aromatic carbocycles. The molecule has 12 nitrogen and oxygen atoms in total. The van der Waals surface area contributed by atoms with Crippen molar-refractivity contribution in [3.63, 3.8) is 0 Å². The van der Waals surface area contributed by atoms with Crippen molar-refractivity contribution in [3.8, 4) is 0 Å². The number of nitrogens with one attached hydrogen (secondary N) is 4. The third kappa shape index (κ3) is 12.9. The zero-order valence-corrected chi connectivity index (χ0v) is 30.8. The van der Waals surface area contributed by atoms with Gasteiger partial charge in [-0.2, -0.15) is 0 Å². The number of likely N-dealkylation sites (tertiary alicyclic amines) is 1. The molecule has 1 aliphatic heterocycles. The van der Waals surface area contributed by atoms with Gasteiger partial charge in [0, 0.05) is 13.1 Å². The molecule has 1 heterocycles. The van der Waals surface area contributed by atoms with Crippen LogP contribution in [0, 0.1) is 17.3 Å². The summed E-state index contributed by atoms with van der Waals surface area (Å²) in [6.45, 7) is 21.0. The number of Topliss-reactive ketones (excluding diaryl/α,β-unsaturated/α-hetero) is 1. The van der Waals surface area contributed by atoms with Gasteiger partial charge in [0.2, 0.25) is 17.6 Å². The van der Waals surface area contributed by atoms with Crippen LogP contribution in [0.3, 0.4) is 0 Å². The van der Waals surface area contributed by atoms with E-state index in [9.17, 15) is 28.8 Å². The second-order valence-corrected chi connectivity index (χ2v) is 15.5. The Morgan fingerprint density at radius 2 is 1.55 bits per heavy atom. The third-order valence-corrected chi connectivity index (χ3v) is 9.29. The average molecular weight is 688 g/mol. The van der Waals surface area contributed by atoms with Crippen LogP contribution in [0.25, 0.3) is 0 Å². The van der Waals surface area contributed by atoms with Crippen molar-refractivity contribution in [2.45, 2.75) is 142 Å². The Morgan fingerprint density at radius 3 is 2.10 bits per heavy atom. The number of ether oxygens (including phenoxy) is 1. The van der Waals surface area contributed by atoms with E-state index in [-0.39, 0.29) is 49.1 Å². The van der Waals surface area contributed by atoms with Gasteiger partial charge in [0.15, 0.2) is 0 Å². The van der Waals surface area contributed by atoms with Crippen molar-refractivity contribution in [2.75, 3.05) is 13.1 Å². The maximum absolute atomic E-state index is 14.6. The Labute approximate surface area is 293 Å². The molecule has 0 spiro atoms. The van der Waals surface area contributed by atoms with Gasteiger partial charge in [0.25, 0.3) is 5.91 Å². The van der Waals surface area contributed by atoms with E-state index in [1.54, 1.807) is 25.7 Å². The monoisotopic (exact) mass is 687 g/mol. The standard InChI is InChI=1S/C37H61N5O7/c1-10-13-20-26(30(43)32(45)38-21-12-3)39-31(44)28-22-25(36(4,5)6)23-42(28)33(46)29(24-18-15-14-16-19-24)41-35(48)40-27(17-11-2)34(47)49-37(7,8)9/h11-12,24-29H,2-3,10,13-23H2,1,4-9H3,(H,38,45)(H,39,44)(H2,40,41,48)/t25-,26?,27+,28+,29+/m1/s1. The van der Waals surface area contributed by atoms with Crippen molar-refractivity contribution in [1.82, 2.24) is 26.2 Å². The van der Waals surface area contributed by atoms with Crippen LogP contribution in [0.2, 0.25) is 0 Å². The number of unbranched alkanes of at least 4 members (excludes halogenated alkanes) is 1. The van der Waals surface area contributed by atoms with Crippen LogP contribution in [-0.2, 0) is 28.7 Å². The second-order valence-electron chi connectivity index (χ2n) is 15.5. The summed E-state index contributed by atoms with van der Waals surface area (Å²) in [5, 5.41) is 10.9. The summed E-state index contributed by atoms with van der Waals surface area (Å²) in [6.07, 6.45) is 9.40. The van der Waals surface area contributed by atoms with Crippen molar-refractivity contribution >= 4 is 35.5 Å². The number of hydrogen-bond donors (Lipinski definition) is 4. The molecule has 0 aromatic rings. The first kappa shape index (κ1) is 41.5. The second kappa shape index (κ2) is 18.9. The Bertz CT molecular complexity index is 1200. The lowest BCUT2D eigenvalue weighted by molar-refractivity contribution is -0.157. The van der Waals surface area contributed by atoms with E-state index in [1.807, 2.05) is 6.92 Å². The molecule has 49 heavy (non-hydrogen) atoms. The number of esters is 1. The largest absolute Gasteiger partial charge is 0.458 e. The number of nitrogens with zero attached hydrogens (tertiary/aromatic N) is 1. The zero-order valence-electron chi connectivity index (χ0n) is 30.8. The molecule has 0 radical (unpaired) electrons. The molecule has 5 amide bonds. The van der Waals surface area contributed by atoms with Gasteiger partial charge in [-0.15, -0.1) is 13.2 Å². The van der Waals surface area contributed by atoms with E-state index in [4.69, 9.17) is 4.74 Å². The minimum atomic E-state index is -1.05. The predicted molar refractivity (Wildman–Crippen MR) is 189 cm³/mol. The lowest BCUT2D eigenvalue weighted by atomic mass is 9.79. The summed E-state index contributed by atoms with van der Waals surface area (Å²) in [5.41, 5.74) is -1.01. The van der Waals surface area contributed by atoms with E-state index < -0.39 is 59.4 Å². The van der Waals surface area contributed by atoms with Crippen LogP contribution in [0.1, 0.15) is 113 Å². The molecule has 1 unspecified atom stereocenters. The zero-order chi connectivity index (χ0) is 36.9. The van der Waals surface area contributed by atoms with Crippen molar-refractivity contribution in [3.05, 3.63) is 25.3 Å². The van der Waals surface area contributed by atoms with Gasteiger partial charge in [-0.3, -0.25) is 19.2 Å². The van der Waals surface area contributed by atoms with Crippen LogP contribution >= 0.6 is 0 Å². The van der Waals surface area contributed by atoms with Crippen molar-refractivity contribution in [2.24, 2.45) is 17.3 Å². The molecular formula is C37H61N5O7. The summed E-state index contributed by atoms with van der Waals surface area (Å²) < 4.78 is 5.49. The van der Waals surface area contributed by atoms with E-state index in [2.05, 4.69) is 55.2 Å². The number of ketones is 1. The third-order valence-electron chi connectivity index (χ3n) is 9.29. The van der Waals surface area contributed by atoms with Crippen LogP contribution in [0.15, 0.2) is 25.3 Å². The molecule has 2 rings (SSSR count). The fraction of sp³-hybridized carbons (Fsp3) is 0.730. The van der Waals surface area contributed by atoms with E-state index in [0.717, 1.165) is 38.5 Å². The first-order valence-corrected chi connectivity index (χ1v) is 17.9. The smallest absolute Gasteiger partial charge is 0.329 e. The van der Waals surface area contributed by atoms with Crippen LogP contribution in [-0.4, -0.2) is 83.3 Å². The van der Waals surface area contributed by atoms with Gasteiger partial charge in [-0.05, 0) is 70.1 Å². The van der Waals surface area contributed by atoms with E-state index in [0.29, 0.717) is 12.8 Å². The Hall–Kier alpha value is -3.70. The lowest BCUT2D eigenvalue weighted by Gasteiger charge is -2.35. The minimum Gasteiger partial charge on any atom is -0.458 e. The SMILES string of the molecule is C=CCNC(=O)C(=O)C(CCCC)NC(=O)[C@@H]1C[C@@H](C(C)(C)C)CN1C(=O)[C@@H](NC(=O)N[C@@H](CC=C)C(=O)OC(C)(C)C)C1CCCCC1. The van der Waals surface area contributed by atoms with Crippen LogP contribution in [0.5, 0.6) is 0 Å². The highest BCUT2D eigenvalue weighted by Gasteiger charge is 2.47. The first-order chi connectivity index (χ1) is 22.9. The van der Waals surface area contributed by atoms with Crippen molar-refractivity contribution in [1.29, 1.82) is 0 Å². The van der Waals surface area contributed by atoms with E-state index in [1.165, 1.54) is 12.2 Å². The number of rotatable bonds is 16. The van der Waals surface area contributed by atoms with Crippen molar-refractivity contribution < 1.29 is 33.5 Å². The summed E-state index contributed by atoms with van der Waals surface area (Å²) in [6, 6.07) is -4.59. The molecule has 4 N–H and O–H groups in total. The highest BCUT2D eigenvalue weighted by molar-refractivity contribution is 6.38.